The van der Waals surface area contributed by atoms with Crippen LogP contribution in [-0.4, -0.2) is 23.4 Å². The van der Waals surface area contributed by atoms with Crippen molar-refractivity contribution >= 4 is 58.0 Å². The van der Waals surface area contributed by atoms with Gasteiger partial charge in [0.2, 0.25) is 0 Å². The van der Waals surface area contributed by atoms with Gasteiger partial charge in [-0.05, 0) is 37.3 Å². The number of para-hydroxylation sites is 1. The van der Waals surface area contributed by atoms with Crippen LogP contribution in [0.4, 0.5) is 16.2 Å². The molecule has 26 heavy (non-hydrogen) atoms. The van der Waals surface area contributed by atoms with Crippen molar-refractivity contribution in [3.05, 3.63) is 58.6 Å². The summed E-state index contributed by atoms with van der Waals surface area (Å²) in [6.45, 7) is 1.60. The second-order valence-corrected chi connectivity index (χ2v) is 6.02. The highest BCUT2D eigenvalue weighted by molar-refractivity contribution is 6.71. The van der Waals surface area contributed by atoms with E-state index in [0.29, 0.717) is 22.1 Å². The number of rotatable bonds is 3. The highest BCUT2D eigenvalue weighted by Gasteiger charge is 2.31. The summed E-state index contributed by atoms with van der Waals surface area (Å²) in [6.07, 6.45) is -0.880. The van der Waals surface area contributed by atoms with Crippen LogP contribution < -0.4 is 10.3 Å². The summed E-state index contributed by atoms with van der Waals surface area (Å²) in [7, 11) is 0. The first-order chi connectivity index (χ1) is 12.5. The number of hydrogen-bond donors (Lipinski definition) is 1. The molecule has 1 heterocycles. The molecule has 2 aromatic rings. The van der Waals surface area contributed by atoms with Gasteiger partial charge in [-0.15, -0.1) is 0 Å². The normalized spacial score (nSPS) is 15.2. The maximum absolute atomic E-state index is 12.4. The first kappa shape index (κ1) is 17.9. The van der Waals surface area contributed by atoms with Gasteiger partial charge in [0.15, 0.2) is 5.71 Å². The van der Waals surface area contributed by atoms with E-state index in [1.54, 1.807) is 37.3 Å². The average Bonchev–Trinajstić information content (AvgIpc) is 2.91. The van der Waals surface area contributed by atoms with Gasteiger partial charge < -0.3 is 0 Å². The average molecular weight is 391 g/mol. The third-order valence-corrected chi connectivity index (χ3v) is 4.11. The maximum atomic E-state index is 12.4. The number of nitrogens with one attached hydrogen (secondary N) is 1. The Kier molecular flexibility index (Phi) is 5.20. The number of nitrogens with zero attached hydrogens (tertiary/aromatic N) is 3. The molecule has 0 bridgehead atoms. The zero-order chi connectivity index (χ0) is 18.7. The van der Waals surface area contributed by atoms with Crippen molar-refractivity contribution in [1.29, 1.82) is 0 Å². The predicted molar refractivity (Wildman–Crippen MR) is 101 cm³/mol. The number of benzene rings is 2. The quantitative estimate of drug-likeness (QED) is 0.625. The largest absolute Gasteiger partial charge is 0.437 e. The van der Waals surface area contributed by atoms with Gasteiger partial charge in [-0.1, -0.05) is 46.6 Å². The molecular weight excluding hydrogens is 379 g/mol. The second-order valence-electron chi connectivity index (χ2n) is 5.21. The molecule has 0 aliphatic carbocycles. The van der Waals surface area contributed by atoms with E-state index in [0.717, 1.165) is 0 Å². The molecule has 9 heteroatoms. The van der Waals surface area contributed by atoms with E-state index in [-0.39, 0.29) is 10.7 Å². The van der Waals surface area contributed by atoms with Crippen LogP contribution in [-0.2, 0) is 9.63 Å². The van der Waals surface area contributed by atoms with E-state index in [9.17, 15) is 9.59 Å². The smallest absolute Gasteiger partial charge is 0.297 e. The van der Waals surface area contributed by atoms with E-state index in [2.05, 4.69) is 15.6 Å². The number of anilines is 2. The molecule has 0 aromatic heterocycles. The van der Waals surface area contributed by atoms with Crippen LogP contribution in [0.15, 0.2) is 58.8 Å². The third-order valence-electron chi connectivity index (χ3n) is 3.37. The predicted octanol–water partition coefficient (Wildman–Crippen LogP) is 4.32. The molecule has 1 aliphatic rings. The summed E-state index contributed by atoms with van der Waals surface area (Å²) < 4.78 is 0. The maximum Gasteiger partial charge on any atom is 0.437 e. The fourth-order valence-electron chi connectivity index (χ4n) is 2.15. The van der Waals surface area contributed by atoms with Crippen molar-refractivity contribution in [3.8, 4) is 0 Å². The van der Waals surface area contributed by atoms with E-state index in [1.807, 2.05) is 6.07 Å². The summed E-state index contributed by atoms with van der Waals surface area (Å²) in [5.74, 6) is -0.490. The van der Waals surface area contributed by atoms with Crippen LogP contribution in [0.3, 0.4) is 0 Å². The monoisotopic (exact) mass is 390 g/mol. The van der Waals surface area contributed by atoms with Gasteiger partial charge in [0, 0.05) is 5.69 Å². The fourth-order valence-corrected chi connectivity index (χ4v) is 2.45. The second kappa shape index (κ2) is 7.55. The molecule has 0 radical (unpaired) electrons. The van der Waals surface area contributed by atoms with Crippen LogP contribution >= 0.6 is 23.2 Å². The van der Waals surface area contributed by atoms with Crippen molar-refractivity contribution in [3.63, 3.8) is 0 Å². The third kappa shape index (κ3) is 3.84. The Morgan fingerprint density at radius 3 is 2.58 bits per heavy atom. The van der Waals surface area contributed by atoms with Crippen LogP contribution in [0.5, 0.6) is 0 Å². The highest BCUT2D eigenvalue weighted by atomic mass is 35.5. The molecule has 0 saturated carbocycles. The zero-order valence-electron chi connectivity index (χ0n) is 13.4. The molecule has 0 unspecified atom stereocenters. The Hall–Kier alpha value is -2.90. The summed E-state index contributed by atoms with van der Waals surface area (Å²) in [5, 5.41) is 12.0. The summed E-state index contributed by atoms with van der Waals surface area (Å²) >= 11 is 11.7. The molecule has 1 aliphatic heterocycles. The van der Waals surface area contributed by atoms with E-state index >= 15 is 0 Å². The van der Waals surface area contributed by atoms with Crippen LogP contribution in [0.25, 0.3) is 0 Å². The van der Waals surface area contributed by atoms with Crippen molar-refractivity contribution in [2.45, 2.75) is 6.92 Å². The van der Waals surface area contributed by atoms with Crippen molar-refractivity contribution in [2.75, 3.05) is 10.3 Å². The molecule has 3 rings (SSSR count). The number of oxime groups is 1. The SMILES string of the molecule is CC1=NN(c2ccccc2)C(=O)/C1=N/OC(=O)Nc1ccc(Cl)c(Cl)c1. The number of amides is 2. The number of halogens is 2. The molecule has 0 fully saturated rings. The molecule has 2 aromatic carbocycles. The molecule has 0 spiro atoms. The van der Waals surface area contributed by atoms with Crippen molar-refractivity contribution in [2.24, 2.45) is 10.3 Å². The van der Waals surface area contributed by atoms with Gasteiger partial charge in [0.25, 0.3) is 0 Å². The lowest BCUT2D eigenvalue weighted by atomic mass is 10.2. The summed E-state index contributed by atoms with van der Waals surface area (Å²) in [5.41, 5.74) is 1.24. The Balaban J connectivity index is 1.68. The molecule has 2 amide bonds. The standard InChI is InChI=1S/C17H12Cl2N4O3/c1-10-15(16(24)23(21-10)12-5-3-2-4-6-12)22-26-17(25)20-11-7-8-13(18)14(19)9-11/h2-9H,1H3,(H,20,25)/b22-15+. The van der Waals surface area contributed by atoms with E-state index in [1.165, 1.54) is 17.1 Å². The Labute approximate surface area is 158 Å². The lowest BCUT2D eigenvalue weighted by Gasteiger charge is -2.10. The topological polar surface area (TPSA) is 83.4 Å². The highest BCUT2D eigenvalue weighted by Crippen LogP contribution is 2.25. The van der Waals surface area contributed by atoms with Crippen molar-refractivity contribution in [1.82, 2.24) is 0 Å². The van der Waals surface area contributed by atoms with E-state index in [4.69, 9.17) is 28.0 Å². The Morgan fingerprint density at radius 1 is 1.15 bits per heavy atom. The first-order valence-corrected chi connectivity index (χ1v) is 8.17. The summed E-state index contributed by atoms with van der Waals surface area (Å²) in [4.78, 5) is 29.0. The van der Waals surface area contributed by atoms with Crippen LogP contribution in [0.1, 0.15) is 6.92 Å². The molecule has 132 valence electrons. The lowest BCUT2D eigenvalue weighted by molar-refractivity contribution is -0.112. The molecule has 0 atom stereocenters. The molecule has 0 saturated heterocycles. The van der Waals surface area contributed by atoms with Gasteiger partial charge in [0.1, 0.15) is 0 Å². The summed E-state index contributed by atoms with van der Waals surface area (Å²) in [6, 6.07) is 13.4. The van der Waals surface area contributed by atoms with Crippen molar-refractivity contribution < 1.29 is 14.4 Å². The minimum absolute atomic E-state index is 0.0573. The van der Waals surface area contributed by atoms with Gasteiger partial charge >= 0.3 is 12.0 Å². The number of hydrogen-bond acceptors (Lipinski definition) is 5. The number of carbonyl (C=O) groups excluding carboxylic acids is 2. The minimum Gasteiger partial charge on any atom is -0.297 e. The van der Waals surface area contributed by atoms with E-state index < -0.39 is 12.0 Å². The molecule has 7 nitrogen and oxygen atoms in total. The van der Waals surface area contributed by atoms with Crippen LogP contribution in [0, 0.1) is 0 Å². The first-order valence-electron chi connectivity index (χ1n) is 7.42. The fraction of sp³-hybridized carbons (Fsp3) is 0.0588. The zero-order valence-corrected chi connectivity index (χ0v) is 15.0. The van der Waals surface area contributed by atoms with Gasteiger partial charge in [-0.2, -0.15) is 10.1 Å². The van der Waals surface area contributed by atoms with Gasteiger partial charge in [-0.3, -0.25) is 14.9 Å². The van der Waals surface area contributed by atoms with Gasteiger partial charge in [-0.25, -0.2) is 4.79 Å². The molecular formula is C17H12Cl2N4O3. The number of carbonyl (C=O) groups is 2. The van der Waals surface area contributed by atoms with Crippen LogP contribution in [0.2, 0.25) is 10.0 Å². The minimum atomic E-state index is -0.880. The molecule has 1 N–H and O–H groups in total. The number of hydrazone groups is 1. The Morgan fingerprint density at radius 2 is 1.88 bits per heavy atom. The lowest BCUT2D eigenvalue weighted by Crippen LogP contribution is -2.27. The van der Waals surface area contributed by atoms with Gasteiger partial charge in [0.05, 0.1) is 21.4 Å². The Bertz CT molecular complexity index is 929.